The molecule has 2 N–H and O–H groups in total. The molecule has 0 amide bonds. The van der Waals surface area contributed by atoms with Crippen LogP contribution in [0.1, 0.15) is 74.7 Å². The van der Waals surface area contributed by atoms with Crippen LogP contribution in [0.4, 0.5) is 0 Å². The van der Waals surface area contributed by atoms with E-state index in [4.69, 9.17) is 13.8 Å². The van der Waals surface area contributed by atoms with Crippen LogP contribution in [0.5, 0.6) is 0 Å². The molecule has 0 saturated carbocycles. The van der Waals surface area contributed by atoms with Crippen LogP contribution in [0.2, 0.25) is 0 Å². The first kappa shape index (κ1) is 29.7. The van der Waals surface area contributed by atoms with Crippen molar-refractivity contribution in [1.82, 2.24) is 0 Å². The van der Waals surface area contributed by atoms with E-state index in [-0.39, 0.29) is 36.7 Å². The minimum atomic E-state index is -4.59. The van der Waals surface area contributed by atoms with E-state index < -0.39 is 25.6 Å². The molecule has 0 fully saturated rings. The van der Waals surface area contributed by atoms with Gasteiger partial charge in [-0.1, -0.05) is 61.3 Å². The standard InChI is InChI=1S/C22H45O7P/c1-10-15(3)17(5)19(7)22(8,18(6)16(4)11-2)29-30(25,26)28-21(12-13-23)20(24)14-27-9/h13,15-21,24H,10-12,14H2,1-9H3,(H,25,26). The molecule has 9 unspecified atom stereocenters. The summed E-state index contributed by atoms with van der Waals surface area (Å²) in [5.74, 6) is 0.857. The molecular formula is C22H45O7P. The molecular weight excluding hydrogens is 407 g/mol. The predicted molar refractivity (Wildman–Crippen MR) is 119 cm³/mol. The normalized spacial score (nSPS) is 23.3. The third kappa shape index (κ3) is 8.33. The van der Waals surface area contributed by atoms with E-state index in [0.717, 1.165) is 12.8 Å². The second-order valence-corrected chi connectivity index (χ2v) is 10.4. The first-order valence-corrected chi connectivity index (χ1v) is 12.6. The number of aliphatic hydroxyl groups is 1. The monoisotopic (exact) mass is 452 g/mol. The SMILES string of the molecule is CCC(C)C(C)C(C)C(C)(OP(=O)(O)OC(CC=O)C(O)COC)C(C)C(C)CC. The van der Waals surface area contributed by atoms with Gasteiger partial charge in [-0.15, -0.1) is 0 Å². The molecule has 0 radical (unpaired) electrons. The Bertz CT molecular complexity index is 544. The summed E-state index contributed by atoms with van der Waals surface area (Å²) in [6.45, 7) is 16.5. The number of ether oxygens (including phenoxy) is 1. The summed E-state index contributed by atoms with van der Waals surface area (Å²) < 4.78 is 29.1. The second-order valence-electron chi connectivity index (χ2n) is 9.02. The van der Waals surface area contributed by atoms with Crippen LogP contribution < -0.4 is 0 Å². The van der Waals surface area contributed by atoms with Crippen LogP contribution in [0.3, 0.4) is 0 Å². The maximum absolute atomic E-state index is 13.0. The molecule has 0 heterocycles. The molecule has 0 aliphatic rings. The number of carbonyl (C=O) groups is 1. The van der Waals surface area contributed by atoms with Crippen molar-refractivity contribution >= 4 is 14.1 Å². The van der Waals surface area contributed by atoms with Gasteiger partial charge in [0.15, 0.2) is 0 Å². The molecule has 7 nitrogen and oxygen atoms in total. The van der Waals surface area contributed by atoms with Crippen molar-refractivity contribution in [2.24, 2.45) is 29.6 Å². The van der Waals surface area contributed by atoms with Gasteiger partial charge in [0.1, 0.15) is 18.5 Å². The average molecular weight is 453 g/mol. The van der Waals surface area contributed by atoms with Crippen molar-refractivity contribution in [3.8, 4) is 0 Å². The van der Waals surface area contributed by atoms with Gasteiger partial charge in [0.25, 0.3) is 0 Å². The maximum atomic E-state index is 13.0. The van der Waals surface area contributed by atoms with E-state index in [1.807, 2.05) is 13.8 Å². The fraction of sp³-hybridized carbons (Fsp3) is 0.955. The van der Waals surface area contributed by atoms with E-state index in [1.165, 1.54) is 7.11 Å². The number of rotatable bonds is 16. The quantitative estimate of drug-likeness (QED) is 0.255. The number of carbonyl (C=O) groups excluding carboxylic acids is 1. The van der Waals surface area contributed by atoms with Gasteiger partial charge in [0.2, 0.25) is 0 Å². The predicted octanol–water partition coefficient (Wildman–Crippen LogP) is 4.84. The summed E-state index contributed by atoms with van der Waals surface area (Å²) in [6, 6.07) is 0. The number of phosphoric ester groups is 1. The number of aliphatic hydroxyl groups excluding tert-OH is 1. The summed E-state index contributed by atoms with van der Waals surface area (Å²) >= 11 is 0. The summed E-state index contributed by atoms with van der Waals surface area (Å²) in [4.78, 5) is 21.6. The number of hydrogen-bond donors (Lipinski definition) is 2. The third-order valence-electron chi connectivity index (χ3n) is 7.31. The Labute approximate surface area is 183 Å². The Hall–Kier alpha value is -0.300. The number of aldehydes is 1. The molecule has 0 aromatic rings. The number of phosphoric acid groups is 1. The highest BCUT2D eigenvalue weighted by atomic mass is 31.2. The zero-order valence-corrected chi connectivity index (χ0v) is 21.2. The van der Waals surface area contributed by atoms with Crippen LogP contribution >= 0.6 is 7.82 Å². The van der Waals surface area contributed by atoms with Crippen LogP contribution in [0.25, 0.3) is 0 Å². The highest BCUT2D eigenvalue weighted by molar-refractivity contribution is 7.47. The molecule has 9 atom stereocenters. The van der Waals surface area contributed by atoms with Gasteiger partial charge in [-0.2, -0.15) is 0 Å². The third-order valence-corrected chi connectivity index (χ3v) is 8.47. The van der Waals surface area contributed by atoms with Gasteiger partial charge in [0.05, 0.1) is 12.2 Å². The van der Waals surface area contributed by atoms with Gasteiger partial charge in [-0.3, -0.25) is 9.05 Å². The molecule has 0 saturated heterocycles. The Morgan fingerprint density at radius 1 is 1.03 bits per heavy atom. The zero-order chi connectivity index (χ0) is 23.7. The average Bonchev–Trinajstić information content (AvgIpc) is 2.69. The maximum Gasteiger partial charge on any atom is 0.473 e. The van der Waals surface area contributed by atoms with Crippen molar-refractivity contribution < 1.29 is 33.1 Å². The molecule has 0 bridgehead atoms. The van der Waals surface area contributed by atoms with Crippen molar-refractivity contribution in [3.63, 3.8) is 0 Å². The van der Waals surface area contributed by atoms with Gasteiger partial charge >= 0.3 is 7.82 Å². The molecule has 0 aromatic heterocycles. The van der Waals surface area contributed by atoms with E-state index >= 15 is 0 Å². The highest BCUT2D eigenvalue weighted by Crippen LogP contribution is 2.55. The lowest BCUT2D eigenvalue weighted by Gasteiger charge is -2.46. The molecule has 0 aliphatic carbocycles. The lowest BCUT2D eigenvalue weighted by atomic mass is 9.67. The van der Waals surface area contributed by atoms with Crippen molar-refractivity contribution in [3.05, 3.63) is 0 Å². The Balaban J connectivity index is 5.90. The van der Waals surface area contributed by atoms with Gasteiger partial charge in [0, 0.05) is 13.5 Å². The smallest absolute Gasteiger partial charge is 0.388 e. The van der Waals surface area contributed by atoms with Gasteiger partial charge in [-0.05, 0) is 36.5 Å². The molecule has 30 heavy (non-hydrogen) atoms. The zero-order valence-electron chi connectivity index (χ0n) is 20.3. The second kappa shape index (κ2) is 13.3. The molecule has 0 rings (SSSR count). The Kier molecular flexibility index (Phi) is 13.2. The molecule has 180 valence electrons. The van der Waals surface area contributed by atoms with Crippen molar-refractivity contribution in [2.45, 2.75) is 92.5 Å². The molecule has 0 aromatic carbocycles. The lowest BCUT2D eigenvalue weighted by Crippen LogP contribution is -2.48. The Morgan fingerprint density at radius 2 is 1.57 bits per heavy atom. The fourth-order valence-electron chi connectivity index (χ4n) is 3.97. The summed E-state index contributed by atoms with van der Waals surface area (Å²) in [5.41, 5.74) is -0.944. The summed E-state index contributed by atoms with van der Waals surface area (Å²) in [6.07, 6.45) is -0.214. The van der Waals surface area contributed by atoms with Crippen molar-refractivity contribution in [1.29, 1.82) is 0 Å². The highest BCUT2D eigenvalue weighted by Gasteiger charge is 2.48. The largest absolute Gasteiger partial charge is 0.473 e. The first-order valence-electron chi connectivity index (χ1n) is 11.1. The minimum absolute atomic E-state index is 0.0264. The lowest BCUT2D eigenvalue weighted by molar-refractivity contribution is -0.114. The van der Waals surface area contributed by atoms with Gasteiger partial charge in [-0.25, -0.2) is 4.57 Å². The number of hydrogen-bond acceptors (Lipinski definition) is 6. The molecule has 8 heteroatoms. The van der Waals surface area contributed by atoms with Crippen LogP contribution in [0.15, 0.2) is 0 Å². The first-order chi connectivity index (χ1) is 13.8. The van der Waals surface area contributed by atoms with E-state index in [9.17, 15) is 19.4 Å². The van der Waals surface area contributed by atoms with Gasteiger partial charge < -0.3 is 19.5 Å². The molecule has 0 spiro atoms. The minimum Gasteiger partial charge on any atom is -0.388 e. The van der Waals surface area contributed by atoms with E-state index in [2.05, 4.69) is 41.5 Å². The summed E-state index contributed by atoms with van der Waals surface area (Å²) in [7, 11) is -3.20. The topological polar surface area (TPSA) is 102 Å². The molecule has 0 aliphatic heterocycles. The Morgan fingerprint density at radius 3 is 2.00 bits per heavy atom. The van der Waals surface area contributed by atoms with Crippen LogP contribution in [0, 0.1) is 29.6 Å². The van der Waals surface area contributed by atoms with Crippen LogP contribution in [-0.2, 0) is 23.1 Å². The van der Waals surface area contributed by atoms with Crippen LogP contribution in [-0.4, -0.2) is 47.8 Å². The van der Waals surface area contributed by atoms with Crippen molar-refractivity contribution in [2.75, 3.05) is 13.7 Å². The fourth-order valence-corrected chi connectivity index (χ4v) is 5.41. The number of methoxy groups -OCH3 is 1. The summed E-state index contributed by atoms with van der Waals surface area (Å²) in [5, 5.41) is 10.1. The van der Waals surface area contributed by atoms with E-state index in [0.29, 0.717) is 12.2 Å². The van der Waals surface area contributed by atoms with E-state index in [1.54, 1.807) is 0 Å².